The summed E-state index contributed by atoms with van der Waals surface area (Å²) in [5.74, 6) is 3.62. The summed E-state index contributed by atoms with van der Waals surface area (Å²) in [6.45, 7) is 5.81. The molecule has 6 rings (SSSR count). The van der Waals surface area contributed by atoms with Crippen LogP contribution in [-0.2, 0) is 18.9 Å². The van der Waals surface area contributed by atoms with E-state index in [1.165, 1.54) is 38.5 Å². The van der Waals surface area contributed by atoms with Gasteiger partial charge in [-0.2, -0.15) is 0 Å². The van der Waals surface area contributed by atoms with Gasteiger partial charge in [-0.05, 0) is 67.6 Å². The Morgan fingerprint density at radius 2 is 1.35 bits per heavy atom. The average molecular weight is 363 g/mol. The van der Waals surface area contributed by atoms with Crippen molar-refractivity contribution in [3.05, 3.63) is 0 Å². The Morgan fingerprint density at radius 3 is 2.15 bits per heavy atom. The lowest BCUT2D eigenvalue weighted by Crippen LogP contribution is -2.55. The Hall–Kier alpha value is -0.160. The van der Waals surface area contributed by atoms with Crippen LogP contribution in [-0.4, -0.2) is 38.0 Å². The topological polar surface area (TPSA) is 36.9 Å². The predicted octanol–water partition coefficient (Wildman–Crippen LogP) is 4.13. The minimum Gasteiger partial charge on any atom is -0.348 e. The van der Waals surface area contributed by atoms with E-state index in [2.05, 4.69) is 6.92 Å². The lowest BCUT2D eigenvalue weighted by Gasteiger charge is -2.60. The maximum Gasteiger partial charge on any atom is 0.171 e. The molecule has 0 aromatic heterocycles. The highest BCUT2D eigenvalue weighted by Crippen LogP contribution is 2.66. The SMILES string of the molecule is C[C@@]12CCC3(C[C@@H]1CCC1C4CCC5(OCCO5)C4CCC12)OCCO3. The zero-order valence-electron chi connectivity index (χ0n) is 16.2. The largest absolute Gasteiger partial charge is 0.348 e. The van der Waals surface area contributed by atoms with Crippen molar-refractivity contribution in [2.45, 2.75) is 76.3 Å². The molecular weight excluding hydrogens is 328 g/mol. The van der Waals surface area contributed by atoms with Crippen LogP contribution in [0.4, 0.5) is 0 Å². The number of hydrogen-bond donors (Lipinski definition) is 0. The zero-order chi connectivity index (χ0) is 17.4. The molecule has 4 heteroatoms. The van der Waals surface area contributed by atoms with Gasteiger partial charge < -0.3 is 18.9 Å². The molecule has 6 atom stereocenters. The van der Waals surface area contributed by atoms with Gasteiger partial charge in [0.2, 0.25) is 0 Å². The monoisotopic (exact) mass is 362 g/mol. The summed E-state index contributed by atoms with van der Waals surface area (Å²) in [5.41, 5.74) is 0.488. The normalized spacial score (nSPS) is 51.3. The van der Waals surface area contributed by atoms with Crippen LogP contribution in [0.25, 0.3) is 0 Å². The van der Waals surface area contributed by atoms with Crippen LogP contribution in [0.5, 0.6) is 0 Å². The van der Waals surface area contributed by atoms with Gasteiger partial charge in [0.15, 0.2) is 11.6 Å². The van der Waals surface area contributed by atoms with Crippen molar-refractivity contribution in [3.63, 3.8) is 0 Å². The molecule has 4 nitrogen and oxygen atoms in total. The van der Waals surface area contributed by atoms with Crippen molar-refractivity contribution in [1.29, 1.82) is 0 Å². The molecular formula is C22H34O4. The molecule has 0 radical (unpaired) electrons. The van der Waals surface area contributed by atoms with Crippen molar-refractivity contribution in [2.24, 2.45) is 35.0 Å². The lowest BCUT2D eigenvalue weighted by molar-refractivity contribution is -0.235. The predicted molar refractivity (Wildman–Crippen MR) is 96.4 cm³/mol. The summed E-state index contributed by atoms with van der Waals surface area (Å²) in [5, 5.41) is 0. The third-order valence-corrected chi connectivity index (χ3v) is 9.58. The number of fused-ring (bicyclic) bond motifs is 6. The number of ether oxygens (including phenoxy) is 4. The first kappa shape index (κ1) is 16.8. The number of rotatable bonds is 0. The first-order valence-corrected chi connectivity index (χ1v) is 11.2. The van der Waals surface area contributed by atoms with E-state index in [4.69, 9.17) is 18.9 Å². The maximum absolute atomic E-state index is 6.19. The summed E-state index contributed by atoms with van der Waals surface area (Å²) in [4.78, 5) is 0. The van der Waals surface area contributed by atoms with Crippen molar-refractivity contribution >= 4 is 0 Å². The van der Waals surface area contributed by atoms with Crippen molar-refractivity contribution in [3.8, 4) is 0 Å². The van der Waals surface area contributed by atoms with E-state index < -0.39 is 0 Å². The van der Waals surface area contributed by atoms with E-state index in [1.807, 2.05) is 0 Å². The third-order valence-electron chi connectivity index (χ3n) is 9.58. The van der Waals surface area contributed by atoms with Crippen molar-refractivity contribution in [2.75, 3.05) is 26.4 Å². The second kappa shape index (κ2) is 5.68. The van der Waals surface area contributed by atoms with Crippen LogP contribution < -0.4 is 0 Å². The molecule has 2 spiro atoms. The summed E-state index contributed by atoms with van der Waals surface area (Å²) in [6.07, 6.45) is 11.4. The molecule has 4 unspecified atom stereocenters. The molecule has 2 heterocycles. The molecule has 6 aliphatic rings. The second-order valence-electron chi connectivity index (χ2n) is 10.3. The van der Waals surface area contributed by atoms with Gasteiger partial charge in [-0.1, -0.05) is 6.92 Å². The molecule has 2 saturated heterocycles. The van der Waals surface area contributed by atoms with Gasteiger partial charge >= 0.3 is 0 Å². The summed E-state index contributed by atoms with van der Waals surface area (Å²) < 4.78 is 24.6. The summed E-state index contributed by atoms with van der Waals surface area (Å²) in [6, 6.07) is 0. The van der Waals surface area contributed by atoms with Crippen LogP contribution in [0.2, 0.25) is 0 Å². The summed E-state index contributed by atoms with van der Waals surface area (Å²) >= 11 is 0. The molecule has 4 aliphatic carbocycles. The minimum absolute atomic E-state index is 0.199. The Bertz CT molecular complexity index is 564. The van der Waals surface area contributed by atoms with E-state index in [9.17, 15) is 0 Å². The lowest BCUT2D eigenvalue weighted by atomic mass is 9.46. The Labute approximate surface area is 157 Å². The van der Waals surface area contributed by atoms with Gasteiger partial charge in [-0.3, -0.25) is 0 Å². The molecule has 26 heavy (non-hydrogen) atoms. The smallest absolute Gasteiger partial charge is 0.171 e. The van der Waals surface area contributed by atoms with E-state index in [0.717, 1.165) is 69.4 Å². The maximum atomic E-state index is 6.19. The molecule has 6 fully saturated rings. The van der Waals surface area contributed by atoms with Crippen molar-refractivity contribution < 1.29 is 18.9 Å². The fourth-order valence-corrected chi connectivity index (χ4v) is 8.41. The van der Waals surface area contributed by atoms with E-state index in [-0.39, 0.29) is 11.6 Å². The van der Waals surface area contributed by atoms with Gasteiger partial charge in [-0.15, -0.1) is 0 Å². The first-order chi connectivity index (χ1) is 12.6. The third kappa shape index (κ3) is 2.16. The molecule has 2 aliphatic heterocycles. The fraction of sp³-hybridized carbons (Fsp3) is 1.00. The highest BCUT2D eigenvalue weighted by Gasteiger charge is 2.63. The van der Waals surface area contributed by atoms with Crippen LogP contribution >= 0.6 is 0 Å². The molecule has 0 amide bonds. The van der Waals surface area contributed by atoms with E-state index in [0.29, 0.717) is 11.3 Å². The van der Waals surface area contributed by atoms with Gasteiger partial charge in [-0.25, -0.2) is 0 Å². The highest BCUT2D eigenvalue weighted by molar-refractivity contribution is 5.09. The van der Waals surface area contributed by atoms with Crippen LogP contribution in [0.15, 0.2) is 0 Å². The van der Waals surface area contributed by atoms with Gasteiger partial charge in [0.1, 0.15) is 0 Å². The quantitative estimate of drug-likeness (QED) is 0.649. The molecule has 0 N–H and O–H groups in total. The van der Waals surface area contributed by atoms with Gasteiger partial charge in [0, 0.05) is 25.2 Å². The van der Waals surface area contributed by atoms with Crippen molar-refractivity contribution in [1.82, 2.24) is 0 Å². The highest BCUT2D eigenvalue weighted by atomic mass is 16.7. The Morgan fingerprint density at radius 1 is 0.654 bits per heavy atom. The van der Waals surface area contributed by atoms with Gasteiger partial charge in [0.05, 0.1) is 26.4 Å². The van der Waals surface area contributed by atoms with Crippen LogP contribution in [0, 0.1) is 35.0 Å². The zero-order valence-corrected chi connectivity index (χ0v) is 16.2. The van der Waals surface area contributed by atoms with E-state index >= 15 is 0 Å². The summed E-state index contributed by atoms with van der Waals surface area (Å²) in [7, 11) is 0. The van der Waals surface area contributed by atoms with Crippen LogP contribution in [0.3, 0.4) is 0 Å². The van der Waals surface area contributed by atoms with Gasteiger partial charge in [0.25, 0.3) is 0 Å². The standard InChI is InChI=1S/C22H34O4/c1-20-8-9-21(23-10-11-24-21)14-15(20)2-3-16-17-6-7-22(25-12-13-26-22)19(17)5-4-18(16)20/h15-19H,2-14H2,1H3/t15-,16?,17?,18?,19?,20+/m0/s1. The van der Waals surface area contributed by atoms with E-state index in [1.54, 1.807) is 0 Å². The molecule has 0 aromatic carbocycles. The minimum atomic E-state index is -0.225. The Balaban J connectivity index is 1.25. The molecule has 4 saturated carbocycles. The second-order valence-corrected chi connectivity index (χ2v) is 10.3. The average Bonchev–Trinajstić information content (AvgIpc) is 3.39. The molecule has 0 bridgehead atoms. The fourth-order valence-electron chi connectivity index (χ4n) is 8.41. The number of hydrogen-bond acceptors (Lipinski definition) is 4. The Kier molecular flexibility index (Phi) is 3.66. The molecule has 0 aromatic rings. The molecule has 146 valence electrons. The first-order valence-electron chi connectivity index (χ1n) is 11.2. The van der Waals surface area contributed by atoms with Crippen LogP contribution in [0.1, 0.15) is 64.7 Å².